The van der Waals surface area contributed by atoms with Crippen molar-refractivity contribution in [3.8, 4) is 11.4 Å². The summed E-state index contributed by atoms with van der Waals surface area (Å²) in [4.78, 5) is 20.7. The van der Waals surface area contributed by atoms with Crippen molar-refractivity contribution in [2.75, 3.05) is 5.73 Å². The van der Waals surface area contributed by atoms with Crippen LogP contribution in [-0.2, 0) is 19.4 Å². The summed E-state index contributed by atoms with van der Waals surface area (Å²) in [6.07, 6.45) is 4.52. The Hall–Kier alpha value is -3.15. The van der Waals surface area contributed by atoms with Crippen molar-refractivity contribution in [1.82, 2.24) is 14.5 Å². The molecule has 6 heteroatoms. The van der Waals surface area contributed by atoms with E-state index >= 15 is 0 Å². The lowest BCUT2D eigenvalue weighted by Crippen LogP contribution is -2.18. The highest BCUT2D eigenvalue weighted by molar-refractivity contribution is 5.93. The molecule has 2 heterocycles. The molecule has 0 unspecified atom stereocenters. The van der Waals surface area contributed by atoms with E-state index in [4.69, 9.17) is 11.5 Å². The summed E-state index contributed by atoms with van der Waals surface area (Å²) in [6, 6.07) is 11.9. The molecule has 0 saturated carbocycles. The van der Waals surface area contributed by atoms with Crippen molar-refractivity contribution in [1.29, 1.82) is 0 Å². The van der Waals surface area contributed by atoms with Crippen LogP contribution >= 0.6 is 0 Å². The van der Waals surface area contributed by atoms with Crippen LogP contribution in [0.15, 0.2) is 42.6 Å². The first-order valence-corrected chi connectivity index (χ1v) is 8.31. The number of fused-ring (bicyclic) bond motifs is 3. The number of nitrogens with zero attached hydrogens (tertiary/aromatic N) is 3. The molecule has 126 valence electrons. The average molecular weight is 333 g/mol. The van der Waals surface area contributed by atoms with Crippen LogP contribution in [0.4, 0.5) is 5.95 Å². The van der Waals surface area contributed by atoms with Gasteiger partial charge in [-0.25, -0.2) is 9.97 Å². The topological polar surface area (TPSA) is 99.8 Å². The van der Waals surface area contributed by atoms with Crippen molar-refractivity contribution in [3.05, 3.63) is 65.0 Å². The lowest BCUT2D eigenvalue weighted by Gasteiger charge is -2.14. The lowest BCUT2D eigenvalue weighted by atomic mass is 10.1. The third-order valence-corrected chi connectivity index (χ3v) is 4.61. The molecule has 0 radical (unpaired) electrons. The molecule has 1 aliphatic carbocycles. The van der Waals surface area contributed by atoms with E-state index in [2.05, 4.69) is 9.97 Å². The molecule has 3 aromatic rings. The lowest BCUT2D eigenvalue weighted by molar-refractivity contribution is 0.0992. The third-order valence-electron chi connectivity index (χ3n) is 4.61. The number of aromatic nitrogens is 3. The minimum absolute atomic E-state index is 0.236. The van der Waals surface area contributed by atoms with Crippen LogP contribution in [0.1, 0.15) is 33.6 Å². The summed E-state index contributed by atoms with van der Waals surface area (Å²) >= 11 is 0. The number of primary amides is 1. The predicted molar refractivity (Wildman–Crippen MR) is 96.0 cm³/mol. The number of carbonyl (C=O) groups is 1. The maximum Gasteiger partial charge on any atom is 0.265 e. The molecule has 4 rings (SSSR count). The van der Waals surface area contributed by atoms with E-state index in [0.717, 1.165) is 47.3 Å². The van der Waals surface area contributed by atoms with Crippen LogP contribution in [0.5, 0.6) is 0 Å². The number of benzene rings is 1. The number of rotatable bonds is 3. The SMILES string of the molecule is NC(=O)c1cc2c(n1Cc1ccccc1)-c1nc(N)ncc1CCC2. The number of nitrogens with two attached hydrogens (primary N) is 2. The molecule has 1 aromatic carbocycles. The number of hydrogen-bond donors (Lipinski definition) is 2. The fraction of sp³-hybridized carbons (Fsp3) is 0.211. The second-order valence-corrected chi connectivity index (χ2v) is 6.30. The van der Waals surface area contributed by atoms with Crippen LogP contribution in [0, 0.1) is 0 Å². The molecule has 4 N–H and O–H groups in total. The van der Waals surface area contributed by atoms with Gasteiger partial charge in [0, 0.05) is 12.7 Å². The molecule has 1 amide bonds. The summed E-state index contributed by atoms with van der Waals surface area (Å²) < 4.78 is 1.96. The Labute approximate surface area is 145 Å². The second-order valence-electron chi connectivity index (χ2n) is 6.30. The smallest absolute Gasteiger partial charge is 0.265 e. The van der Waals surface area contributed by atoms with Gasteiger partial charge in [0.05, 0.1) is 11.4 Å². The van der Waals surface area contributed by atoms with Crippen molar-refractivity contribution >= 4 is 11.9 Å². The zero-order valence-corrected chi connectivity index (χ0v) is 13.8. The molecule has 0 saturated heterocycles. The van der Waals surface area contributed by atoms with Crippen molar-refractivity contribution in [3.63, 3.8) is 0 Å². The van der Waals surface area contributed by atoms with Crippen LogP contribution < -0.4 is 11.5 Å². The summed E-state index contributed by atoms with van der Waals surface area (Å²) in [5, 5.41) is 0. The highest BCUT2D eigenvalue weighted by Gasteiger charge is 2.25. The number of hydrogen-bond acceptors (Lipinski definition) is 4. The molecular formula is C19H19N5O. The largest absolute Gasteiger partial charge is 0.368 e. The Bertz CT molecular complexity index is 946. The predicted octanol–water partition coefficient (Wildman–Crippen LogP) is 2.16. The van der Waals surface area contributed by atoms with Gasteiger partial charge in [-0.1, -0.05) is 30.3 Å². The van der Waals surface area contributed by atoms with Crippen LogP contribution in [0.2, 0.25) is 0 Å². The quantitative estimate of drug-likeness (QED) is 0.767. The molecular weight excluding hydrogens is 314 g/mol. The zero-order valence-electron chi connectivity index (χ0n) is 13.8. The van der Waals surface area contributed by atoms with Gasteiger partial charge in [-0.2, -0.15) is 0 Å². The molecule has 0 atom stereocenters. The van der Waals surface area contributed by atoms with Gasteiger partial charge in [-0.05, 0) is 42.0 Å². The zero-order chi connectivity index (χ0) is 17.4. The number of amides is 1. The van der Waals surface area contributed by atoms with E-state index in [1.807, 2.05) is 41.0 Å². The molecule has 0 bridgehead atoms. The van der Waals surface area contributed by atoms with Crippen molar-refractivity contribution in [2.45, 2.75) is 25.8 Å². The van der Waals surface area contributed by atoms with Gasteiger partial charge in [-0.15, -0.1) is 0 Å². The highest BCUT2D eigenvalue weighted by Crippen LogP contribution is 2.34. The van der Waals surface area contributed by atoms with E-state index in [0.29, 0.717) is 12.2 Å². The van der Waals surface area contributed by atoms with Crippen LogP contribution in [0.25, 0.3) is 11.4 Å². The van der Waals surface area contributed by atoms with Crippen molar-refractivity contribution < 1.29 is 4.79 Å². The Kier molecular flexibility index (Phi) is 3.72. The standard InChI is InChI=1S/C19H19N5O/c20-18(25)15-9-13-7-4-8-14-10-22-19(21)23-16(14)17(13)24(15)11-12-5-2-1-3-6-12/h1-3,5-6,9-10H,4,7-8,11H2,(H2,20,25)(H2,21,22,23). The van der Waals surface area contributed by atoms with Gasteiger partial charge in [0.15, 0.2) is 0 Å². The summed E-state index contributed by atoms with van der Waals surface area (Å²) in [5.74, 6) is -0.202. The maximum absolute atomic E-state index is 12.0. The Morgan fingerprint density at radius 3 is 2.68 bits per heavy atom. The van der Waals surface area contributed by atoms with E-state index in [1.165, 1.54) is 0 Å². The molecule has 0 spiro atoms. The summed E-state index contributed by atoms with van der Waals surface area (Å²) in [6.45, 7) is 0.553. The third kappa shape index (κ3) is 2.76. The van der Waals surface area contributed by atoms with Gasteiger partial charge < -0.3 is 16.0 Å². The number of carbonyl (C=O) groups excluding carboxylic acids is 1. The molecule has 6 nitrogen and oxygen atoms in total. The minimum atomic E-state index is -0.437. The Morgan fingerprint density at radius 1 is 1.16 bits per heavy atom. The van der Waals surface area contributed by atoms with E-state index in [-0.39, 0.29) is 5.95 Å². The van der Waals surface area contributed by atoms with Gasteiger partial charge >= 0.3 is 0 Å². The summed E-state index contributed by atoms with van der Waals surface area (Å²) in [7, 11) is 0. The first-order valence-electron chi connectivity index (χ1n) is 8.31. The fourth-order valence-corrected chi connectivity index (χ4v) is 3.49. The molecule has 25 heavy (non-hydrogen) atoms. The van der Waals surface area contributed by atoms with Gasteiger partial charge in [0.2, 0.25) is 5.95 Å². The van der Waals surface area contributed by atoms with Crippen LogP contribution in [0.3, 0.4) is 0 Å². The van der Waals surface area contributed by atoms with Crippen molar-refractivity contribution in [2.24, 2.45) is 5.73 Å². The van der Waals surface area contributed by atoms with Gasteiger partial charge in [-0.3, -0.25) is 4.79 Å². The highest BCUT2D eigenvalue weighted by atomic mass is 16.1. The average Bonchev–Trinajstić information content (AvgIpc) is 2.85. The molecule has 2 aromatic heterocycles. The molecule has 0 aliphatic heterocycles. The number of aryl methyl sites for hydroxylation is 2. The second kappa shape index (κ2) is 6.05. The molecule has 1 aliphatic rings. The fourth-order valence-electron chi connectivity index (χ4n) is 3.49. The Morgan fingerprint density at radius 2 is 1.92 bits per heavy atom. The number of nitrogen functional groups attached to an aromatic ring is 1. The number of anilines is 1. The minimum Gasteiger partial charge on any atom is -0.368 e. The monoisotopic (exact) mass is 333 g/mol. The first kappa shape index (κ1) is 15.4. The Balaban J connectivity index is 1.95. The molecule has 0 fully saturated rings. The van der Waals surface area contributed by atoms with Gasteiger partial charge in [0.1, 0.15) is 5.69 Å². The summed E-state index contributed by atoms with van der Waals surface area (Å²) in [5.41, 5.74) is 17.0. The van der Waals surface area contributed by atoms with Gasteiger partial charge in [0.25, 0.3) is 5.91 Å². The van der Waals surface area contributed by atoms with Crippen LogP contribution in [-0.4, -0.2) is 20.4 Å². The first-order chi connectivity index (χ1) is 12.1. The normalized spacial score (nSPS) is 13.0. The van der Waals surface area contributed by atoms with E-state index in [9.17, 15) is 4.79 Å². The maximum atomic E-state index is 12.0. The van der Waals surface area contributed by atoms with E-state index < -0.39 is 5.91 Å². The van der Waals surface area contributed by atoms with E-state index in [1.54, 1.807) is 6.20 Å².